The molecule has 0 aliphatic carbocycles. The topological polar surface area (TPSA) is 84.9 Å². The monoisotopic (exact) mass is 343 g/mol. The number of amides is 1. The molecule has 0 fully saturated rings. The minimum absolute atomic E-state index is 0.0303. The number of carboxylic acid groups (broad SMARTS) is 1. The SMILES string of the molecule is COc1cc(OC)cc(C(=O)NCC(Cc2ccccc2)C(=O)O)c1. The van der Waals surface area contributed by atoms with Gasteiger partial charge in [-0.05, 0) is 24.1 Å². The number of benzene rings is 2. The summed E-state index contributed by atoms with van der Waals surface area (Å²) in [5.41, 5.74) is 1.26. The van der Waals surface area contributed by atoms with Gasteiger partial charge in [0.25, 0.3) is 5.91 Å². The number of rotatable bonds is 8. The molecular weight excluding hydrogens is 322 g/mol. The van der Waals surface area contributed by atoms with Gasteiger partial charge >= 0.3 is 5.97 Å². The second-order valence-corrected chi connectivity index (χ2v) is 5.54. The molecule has 2 aromatic rings. The number of hydrogen-bond acceptors (Lipinski definition) is 4. The van der Waals surface area contributed by atoms with Crippen LogP contribution in [0.1, 0.15) is 15.9 Å². The van der Waals surface area contributed by atoms with Crippen molar-refractivity contribution in [1.29, 1.82) is 0 Å². The molecule has 1 atom stereocenters. The maximum Gasteiger partial charge on any atom is 0.308 e. The number of carboxylic acids is 1. The highest BCUT2D eigenvalue weighted by Gasteiger charge is 2.20. The number of methoxy groups -OCH3 is 2. The van der Waals surface area contributed by atoms with Crippen molar-refractivity contribution in [1.82, 2.24) is 5.32 Å². The molecule has 2 rings (SSSR count). The molecule has 0 aliphatic heterocycles. The first-order valence-electron chi connectivity index (χ1n) is 7.81. The smallest absolute Gasteiger partial charge is 0.308 e. The molecule has 0 aromatic heterocycles. The third-order valence-corrected chi connectivity index (χ3v) is 3.80. The van der Waals surface area contributed by atoms with Crippen LogP contribution in [-0.4, -0.2) is 37.7 Å². The molecule has 0 aliphatic rings. The van der Waals surface area contributed by atoms with Crippen molar-refractivity contribution in [3.05, 3.63) is 59.7 Å². The average molecular weight is 343 g/mol. The predicted octanol–water partition coefficient (Wildman–Crippen LogP) is 2.38. The molecule has 1 unspecified atom stereocenters. The molecule has 0 radical (unpaired) electrons. The van der Waals surface area contributed by atoms with Gasteiger partial charge < -0.3 is 19.9 Å². The van der Waals surface area contributed by atoms with Gasteiger partial charge in [0, 0.05) is 18.2 Å². The fraction of sp³-hybridized carbons (Fsp3) is 0.263. The molecule has 0 bridgehead atoms. The van der Waals surface area contributed by atoms with Gasteiger partial charge in [0.1, 0.15) is 11.5 Å². The van der Waals surface area contributed by atoms with E-state index in [0.717, 1.165) is 5.56 Å². The maximum atomic E-state index is 12.3. The van der Waals surface area contributed by atoms with Crippen LogP contribution in [0.5, 0.6) is 11.5 Å². The Morgan fingerprint density at radius 2 is 1.64 bits per heavy atom. The van der Waals surface area contributed by atoms with Crippen LogP contribution in [0.25, 0.3) is 0 Å². The lowest BCUT2D eigenvalue weighted by atomic mass is 9.99. The number of carbonyl (C=O) groups is 2. The molecule has 132 valence electrons. The number of aliphatic carboxylic acids is 1. The van der Waals surface area contributed by atoms with Gasteiger partial charge in [-0.2, -0.15) is 0 Å². The third-order valence-electron chi connectivity index (χ3n) is 3.80. The van der Waals surface area contributed by atoms with Gasteiger partial charge in [-0.25, -0.2) is 0 Å². The van der Waals surface area contributed by atoms with E-state index in [9.17, 15) is 14.7 Å². The third kappa shape index (κ3) is 5.24. The summed E-state index contributed by atoms with van der Waals surface area (Å²) >= 11 is 0. The largest absolute Gasteiger partial charge is 0.497 e. The van der Waals surface area contributed by atoms with E-state index < -0.39 is 11.9 Å². The summed E-state index contributed by atoms with van der Waals surface area (Å²) in [5, 5.41) is 12.1. The highest BCUT2D eigenvalue weighted by Crippen LogP contribution is 2.22. The molecular formula is C19H21NO5. The summed E-state index contributed by atoms with van der Waals surface area (Å²) in [6.07, 6.45) is 0.345. The van der Waals surface area contributed by atoms with Crippen molar-refractivity contribution < 1.29 is 24.2 Å². The average Bonchev–Trinajstić information content (AvgIpc) is 2.64. The second kappa shape index (κ2) is 8.73. The van der Waals surface area contributed by atoms with Gasteiger partial charge in [0.05, 0.1) is 20.1 Å². The van der Waals surface area contributed by atoms with Crippen LogP contribution >= 0.6 is 0 Å². The zero-order chi connectivity index (χ0) is 18.2. The number of nitrogens with one attached hydrogen (secondary N) is 1. The fourth-order valence-corrected chi connectivity index (χ4v) is 2.40. The summed E-state index contributed by atoms with van der Waals surface area (Å²) in [6.45, 7) is 0.0303. The van der Waals surface area contributed by atoms with Gasteiger partial charge in [-0.3, -0.25) is 9.59 Å². The Hall–Kier alpha value is -3.02. The Bertz CT molecular complexity index is 708. The minimum atomic E-state index is -0.952. The number of carbonyl (C=O) groups excluding carboxylic acids is 1. The second-order valence-electron chi connectivity index (χ2n) is 5.54. The molecule has 1 amide bonds. The Balaban J connectivity index is 2.05. The molecule has 0 heterocycles. The van der Waals surface area contributed by atoms with Crippen LogP contribution < -0.4 is 14.8 Å². The summed E-state index contributed by atoms with van der Waals surface area (Å²) < 4.78 is 10.3. The predicted molar refractivity (Wildman–Crippen MR) is 93.2 cm³/mol. The maximum absolute atomic E-state index is 12.3. The lowest BCUT2D eigenvalue weighted by molar-refractivity contribution is -0.141. The fourth-order valence-electron chi connectivity index (χ4n) is 2.40. The van der Waals surface area contributed by atoms with Gasteiger partial charge in [0.2, 0.25) is 0 Å². The van der Waals surface area contributed by atoms with Gasteiger partial charge in [0.15, 0.2) is 0 Å². The number of hydrogen-bond donors (Lipinski definition) is 2. The number of ether oxygens (including phenoxy) is 2. The summed E-state index contributed by atoms with van der Waals surface area (Å²) in [6, 6.07) is 14.1. The molecule has 2 N–H and O–H groups in total. The van der Waals surface area contributed by atoms with Crippen molar-refractivity contribution in [3.63, 3.8) is 0 Å². The Labute approximate surface area is 146 Å². The summed E-state index contributed by atoms with van der Waals surface area (Å²) in [4.78, 5) is 23.8. The van der Waals surface area contributed by atoms with E-state index in [4.69, 9.17) is 9.47 Å². The van der Waals surface area contributed by atoms with Crippen LogP contribution in [0.2, 0.25) is 0 Å². The van der Waals surface area contributed by atoms with Crippen LogP contribution in [0, 0.1) is 5.92 Å². The van der Waals surface area contributed by atoms with Crippen molar-refractivity contribution in [2.75, 3.05) is 20.8 Å². The van der Waals surface area contributed by atoms with Crippen LogP contribution in [0.15, 0.2) is 48.5 Å². The molecule has 6 nitrogen and oxygen atoms in total. The van der Waals surface area contributed by atoms with E-state index in [1.165, 1.54) is 14.2 Å². The Morgan fingerprint density at radius 3 is 2.16 bits per heavy atom. The minimum Gasteiger partial charge on any atom is -0.497 e. The van der Waals surface area contributed by atoms with Crippen molar-refractivity contribution >= 4 is 11.9 Å². The van der Waals surface area contributed by atoms with E-state index in [2.05, 4.69) is 5.32 Å². The molecule has 6 heteroatoms. The first-order valence-corrected chi connectivity index (χ1v) is 7.81. The van der Waals surface area contributed by atoms with E-state index in [-0.39, 0.29) is 12.5 Å². The normalized spacial score (nSPS) is 11.4. The highest BCUT2D eigenvalue weighted by molar-refractivity contribution is 5.95. The zero-order valence-electron chi connectivity index (χ0n) is 14.2. The molecule has 0 saturated heterocycles. The van der Waals surface area contributed by atoms with Crippen molar-refractivity contribution in [2.24, 2.45) is 5.92 Å². The Morgan fingerprint density at radius 1 is 1.04 bits per heavy atom. The van der Waals surface area contributed by atoms with E-state index in [1.807, 2.05) is 30.3 Å². The zero-order valence-corrected chi connectivity index (χ0v) is 14.2. The quantitative estimate of drug-likeness (QED) is 0.769. The van der Waals surface area contributed by atoms with Crippen LogP contribution in [-0.2, 0) is 11.2 Å². The molecule has 0 spiro atoms. The molecule has 25 heavy (non-hydrogen) atoms. The Kier molecular flexibility index (Phi) is 6.39. The van der Waals surface area contributed by atoms with Crippen molar-refractivity contribution in [2.45, 2.75) is 6.42 Å². The summed E-state index contributed by atoms with van der Waals surface area (Å²) in [5.74, 6) is -1.06. The summed E-state index contributed by atoms with van der Waals surface area (Å²) in [7, 11) is 2.99. The van der Waals surface area contributed by atoms with Crippen LogP contribution in [0.3, 0.4) is 0 Å². The first kappa shape index (κ1) is 18.3. The lowest BCUT2D eigenvalue weighted by Gasteiger charge is -2.14. The molecule has 0 saturated carbocycles. The standard InChI is InChI=1S/C19H21NO5/c1-24-16-9-14(10-17(11-16)25-2)18(21)20-12-15(19(22)23)8-13-6-4-3-5-7-13/h3-7,9-11,15H,8,12H2,1-2H3,(H,20,21)(H,22,23). The highest BCUT2D eigenvalue weighted by atomic mass is 16.5. The van der Waals surface area contributed by atoms with E-state index >= 15 is 0 Å². The lowest BCUT2D eigenvalue weighted by Crippen LogP contribution is -2.34. The van der Waals surface area contributed by atoms with Gasteiger partial charge in [-0.15, -0.1) is 0 Å². The van der Waals surface area contributed by atoms with Crippen LogP contribution in [0.4, 0.5) is 0 Å². The van der Waals surface area contributed by atoms with E-state index in [0.29, 0.717) is 23.5 Å². The van der Waals surface area contributed by atoms with E-state index in [1.54, 1.807) is 18.2 Å². The van der Waals surface area contributed by atoms with Gasteiger partial charge in [-0.1, -0.05) is 30.3 Å². The van der Waals surface area contributed by atoms with Crippen molar-refractivity contribution in [3.8, 4) is 11.5 Å². The first-order chi connectivity index (χ1) is 12.0. The molecule has 2 aromatic carbocycles.